The second-order valence-electron chi connectivity index (χ2n) is 11.1. The van der Waals surface area contributed by atoms with Crippen LogP contribution in [0.4, 0.5) is 8.78 Å². The zero-order chi connectivity index (χ0) is 26.6. The molecule has 0 amide bonds. The maximum absolute atomic E-state index is 15.0. The fourth-order valence-corrected chi connectivity index (χ4v) is 6.07. The summed E-state index contributed by atoms with van der Waals surface area (Å²) in [6.07, 6.45) is 6.59. The summed E-state index contributed by atoms with van der Waals surface area (Å²) in [5.41, 5.74) is 3.42. The number of piperidine rings is 1. The summed E-state index contributed by atoms with van der Waals surface area (Å²) in [6.45, 7) is 10.2. The van der Waals surface area contributed by atoms with Crippen molar-refractivity contribution in [3.05, 3.63) is 71.3 Å². The molecule has 2 atom stereocenters. The summed E-state index contributed by atoms with van der Waals surface area (Å²) in [4.78, 5) is 22.7. The summed E-state index contributed by atoms with van der Waals surface area (Å²) in [6, 6.07) is 5.53. The van der Waals surface area contributed by atoms with E-state index in [9.17, 15) is 8.78 Å². The van der Waals surface area contributed by atoms with Crippen LogP contribution in [0, 0.1) is 24.5 Å². The highest BCUT2D eigenvalue weighted by molar-refractivity contribution is 5.83. The Bertz CT molecular complexity index is 1480. The van der Waals surface area contributed by atoms with E-state index in [2.05, 4.69) is 36.8 Å². The predicted octanol–water partition coefficient (Wildman–Crippen LogP) is 4.78. The molecule has 198 valence electrons. The number of hydrogen-bond donors (Lipinski definition) is 0. The maximum atomic E-state index is 15.0. The minimum atomic E-state index is -0.502. The molecule has 0 saturated carbocycles. The lowest BCUT2D eigenvalue weighted by Gasteiger charge is -2.53. The number of likely N-dealkylation sites (N-methyl/N-ethyl adjacent to an activating group) is 1. The number of benzene rings is 1. The number of rotatable bonds is 6. The van der Waals surface area contributed by atoms with Crippen LogP contribution in [0.25, 0.3) is 22.2 Å². The SMILES string of the molecule is Cc1nc2c(F)cc(-c3cc(Cc4ncc(CN5C[C@H]6CCN(C)C[C@H]65)cn4)ncc3F)cc2n1C(C)C. The van der Waals surface area contributed by atoms with Gasteiger partial charge in [0.25, 0.3) is 0 Å². The minimum absolute atomic E-state index is 0.0964. The van der Waals surface area contributed by atoms with Crippen molar-refractivity contribution in [2.75, 3.05) is 26.7 Å². The Labute approximate surface area is 221 Å². The van der Waals surface area contributed by atoms with E-state index in [1.165, 1.54) is 25.2 Å². The van der Waals surface area contributed by atoms with Gasteiger partial charge in [-0.25, -0.2) is 23.7 Å². The molecule has 2 saturated heterocycles. The zero-order valence-corrected chi connectivity index (χ0v) is 22.3. The van der Waals surface area contributed by atoms with Crippen LogP contribution in [0.2, 0.25) is 0 Å². The normalized spacial score (nSPS) is 20.2. The quantitative estimate of drug-likeness (QED) is 0.367. The highest BCUT2D eigenvalue weighted by Crippen LogP contribution is 2.33. The number of nitrogens with zero attached hydrogens (tertiary/aromatic N) is 7. The van der Waals surface area contributed by atoms with Gasteiger partial charge in [0, 0.05) is 60.9 Å². The van der Waals surface area contributed by atoms with Crippen molar-refractivity contribution >= 4 is 11.0 Å². The highest BCUT2D eigenvalue weighted by atomic mass is 19.1. The molecule has 2 aliphatic rings. The van der Waals surface area contributed by atoms with Gasteiger partial charge in [0.2, 0.25) is 0 Å². The van der Waals surface area contributed by atoms with Crippen LogP contribution in [0.1, 0.15) is 49.2 Å². The van der Waals surface area contributed by atoms with Gasteiger partial charge in [0.15, 0.2) is 5.82 Å². The fraction of sp³-hybridized carbons (Fsp3) is 0.448. The van der Waals surface area contributed by atoms with Crippen LogP contribution < -0.4 is 0 Å². The number of imidazole rings is 1. The van der Waals surface area contributed by atoms with Gasteiger partial charge in [-0.05, 0) is 70.5 Å². The largest absolute Gasteiger partial charge is 0.326 e. The Morgan fingerprint density at radius 2 is 1.79 bits per heavy atom. The van der Waals surface area contributed by atoms with Gasteiger partial charge in [-0.3, -0.25) is 9.88 Å². The van der Waals surface area contributed by atoms with Crippen molar-refractivity contribution < 1.29 is 8.78 Å². The first-order valence-corrected chi connectivity index (χ1v) is 13.3. The molecular weight excluding hydrogens is 484 g/mol. The molecule has 0 aliphatic carbocycles. The molecule has 7 nitrogen and oxygen atoms in total. The Morgan fingerprint density at radius 1 is 1.00 bits per heavy atom. The topological polar surface area (TPSA) is 63.0 Å². The van der Waals surface area contributed by atoms with E-state index in [1.54, 1.807) is 12.1 Å². The summed E-state index contributed by atoms with van der Waals surface area (Å²) in [7, 11) is 2.19. The van der Waals surface area contributed by atoms with Gasteiger partial charge in [-0.1, -0.05) is 0 Å². The predicted molar refractivity (Wildman–Crippen MR) is 143 cm³/mol. The Morgan fingerprint density at radius 3 is 2.55 bits per heavy atom. The highest BCUT2D eigenvalue weighted by Gasteiger charge is 2.41. The number of aryl methyl sites for hydroxylation is 1. The number of fused-ring (bicyclic) bond motifs is 2. The van der Waals surface area contributed by atoms with Gasteiger partial charge in [0.1, 0.15) is 23.0 Å². The van der Waals surface area contributed by atoms with E-state index < -0.39 is 11.6 Å². The van der Waals surface area contributed by atoms with Gasteiger partial charge in [-0.2, -0.15) is 0 Å². The van der Waals surface area contributed by atoms with Crippen LogP contribution in [0.5, 0.6) is 0 Å². The average Bonchev–Trinajstić information content (AvgIpc) is 3.22. The van der Waals surface area contributed by atoms with E-state index >= 15 is 0 Å². The standard InChI is InChI=1S/C29H33F2N7/c1-17(2)38-18(3)35-29-24(30)7-21(8-26(29)38)23-9-22(32-13-25(23)31)10-28-33-11-19(12-34-28)14-37-15-20-5-6-36(4)16-27(20)37/h7-9,11-13,17,20,27H,5-6,10,14-16H2,1-4H3/t20-,27-/m1/s1. The minimum Gasteiger partial charge on any atom is -0.326 e. The summed E-state index contributed by atoms with van der Waals surface area (Å²) < 4.78 is 31.9. The van der Waals surface area contributed by atoms with E-state index in [0.29, 0.717) is 46.1 Å². The molecule has 4 aromatic rings. The second kappa shape index (κ2) is 9.78. The zero-order valence-electron chi connectivity index (χ0n) is 22.3. The molecule has 9 heteroatoms. The molecule has 0 N–H and O–H groups in total. The van der Waals surface area contributed by atoms with Crippen molar-refractivity contribution in [1.82, 2.24) is 34.3 Å². The maximum Gasteiger partial charge on any atom is 0.151 e. The third-order valence-electron chi connectivity index (χ3n) is 8.01. The molecule has 2 aliphatic heterocycles. The number of pyridine rings is 1. The summed E-state index contributed by atoms with van der Waals surface area (Å²) in [5, 5.41) is 0. The van der Waals surface area contributed by atoms with E-state index in [1.807, 2.05) is 37.7 Å². The average molecular weight is 518 g/mol. The monoisotopic (exact) mass is 517 g/mol. The van der Waals surface area contributed by atoms with Crippen molar-refractivity contribution in [3.63, 3.8) is 0 Å². The molecular formula is C29H33F2N7. The van der Waals surface area contributed by atoms with Gasteiger partial charge < -0.3 is 9.47 Å². The lowest BCUT2D eigenvalue weighted by Crippen LogP contribution is -2.62. The first-order chi connectivity index (χ1) is 18.3. The van der Waals surface area contributed by atoms with Crippen LogP contribution in [-0.4, -0.2) is 67.0 Å². The molecule has 0 radical (unpaired) electrons. The molecule has 38 heavy (non-hydrogen) atoms. The van der Waals surface area contributed by atoms with Crippen molar-refractivity contribution in [1.29, 1.82) is 0 Å². The fourth-order valence-electron chi connectivity index (χ4n) is 6.07. The van der Waals surface area contributed by atoms with E-state index in [4.69, 9.17) is 0 Å². The Balaban J connectivity index is 1.20. The third kappa shape index (κ3) is 4.58. The van der Waals surface area contributed by atoms with Gasteiger partial charge in [-0.15, -0.1) is 0 Å². The molecule has 5 heterocycles. The van der Waals surface area contributed by atoms with Crippen LogP contribution in [0.3, 0.4) is 0 Å². The number of aromatic nitrogens is 5. The molecule has 6 rings (SSSR count). The van der Waals surface area contributed by atoms with Crippen LogP contribution in [-0.2, 0) is 13.0 Å². The third-order valence-corrected chi connectivity index (χ3v) is 8.01. The Hall–Kier alpha value is -3.30. The second-order valence-corrected chi connectivity index (χ2v) is 11.1. The first kappa shape index (κ1) is 25.0. The van der Waals surface area contributed by atoms with Gasteiger partial charge in [0.05, 0.1) is 18.1 Å². The number of hydrogen-bond acceptors (Lipinski definition) is 6. The van der Waals surface area contributed by atoms with Crippen molar-refractivity contribution in [2.45, 2.75) is 52.2 Å². The van der Waals surface area contributed by atoms with Crippen molar-refractivity contribution in [3.8, 4) is 11.1 Å². The summed E-state index contributed by atoms with van der Waals surface area (Å²) >= 11 is 0. The lowest BCUT2D eigenvalue weighted by atomic mass is 9.82. The van der Waals surface area contributed by atoms with Crippen molar-refractivity contribution in [2.24, 2.45) is 5.92 Å². The smallest absolute Gasteiger partial charge is 0.151 e. The number of likely N-dealkylation sites (tertiary alicyclic amines) is 2. The molecule has 0 spiro atoms. The van der Waals surface area contributed by atoms with Gasteiger partial charge >= 0.3 is 0 Å². The van der Waals surface area contributed by atoms with Crippen LogP contribution in [0.15, 0.2) is 36.8 Å². The molecule has 1 aromatic carbocycles. The molecule has 0 unspecified atom stereocenters. The van der Waals surface area contributed by atoms with E-state index in [0.717, 1.165) is 36.9 Å². The first-order valence-electron chi connectivity index (χ1n) is 13.3. The number of halogens is 2. The molecule has 2 fully saturated rings. The molecule has 0 bridgehead atoms. The van der Waals surface area contributed by atoms with E-state index in [-0.39, 0.29) is 6.04 Å². The van der Waals surface area contributed by atoms with Crippen LogP contribution >= 0.6 is 0 Å². The molecule has 3 aromatic heterocycles. The Kier molecular flexibility index (Phi) is 6.44. The summed E-state index contributed by atoms with van der Waals surface area (Å²) in [5.74, 6) is 1.19. The lowest BCUT2D eigenvalue weighted by molar-refractivity contribution is -0.0433.